The molecule has 0 radical (unpaired) electrons. The van der Waals surface area contributed by atoms with Crippen LogP contribution < -0.4 is 9.47 Å². The second-order valence-electron chi connectivity index (χ2n) is 9.08. The summed E-state index contributed by atoms with van der Waals surface area (Å²) in [4.78, 5) is 50.2. The lowest BCUT2D eigenvalue weighted by Crippen LogP contribution is -2.18. The van der Waals surface area contributed by atoms with E-state index in [9.17, 15) is 29.4 Å². The summed E-state index contributed by atoms with van der Waals surface area (Å²) in [5, 5.41) is 20.3. The Morgan fingerprint density at radius 1 is 0.667 bits per heavy atom. The van der Waals surface area contributed by atoms with Crippen LogP contribution in [0.5, 0.6) is 17.2 Å². The number of Topliss-reactive ketones (excluding diaryl/α,β-unsaturated/α-hetero) is 1. The molecule has 0 saturated heterocycles. The highest BCUT2D eigenvalue weighted by molar-refractivity contribution is 6.09. The third kappa shape index (κ3) is 10.8. The van der Waals surface area contributed by atoms with E-state index >= 15 is 0 Å². The molecule has 2 N–H and O–H groups in total. The van der Waals surface area contributed by atoms with Gasteiger partial charge in [0.1, 0.15) is 0 Å². The van der Waals surface area contributed by atoms with Gasteiger partial charge in [0.2, 0.25) is 5.75 Å². The Labute approximate surface area is 214 Å². The summed E-state index contributed by atoms with van der Waals surface area (Å²) in [6.07, 6.45) is 10.0. The van der Waals surface area contributed by atoms with E-state index in [4.69, 9.17) is 9.47 Å². The van der Waals surface area contributed by atoms with Crippen molar-refractivity contribution in [2.24, 2.45) is 0 Å². The molecule has 1 aromatic carbocycles. The molecule has 0 fully saturated rings. The van der Waals surface area contributed by atoms with Crippen molar-refractivity contribution in [2.75, 3.05) is 0 Å². The molecule has 202 valence electrons. The number of ketones is 1. The Hall–Kier alpha value is -2.90. The van der Waals surface area contributed by atoms with Crippen LogP contribution in [0.1, 0.15) is 138 Å². The Bertz CT molecular complexity index is 875. The van der Waals surface area contributed by atoms with E-state index in [1.807, 2.05) is 20.8 Å². The lowest BCUT2D eigenvalue weighted by Gasteiger charge is -2.17. The number of phenolic OH excluding ortho intramolecular Hbond substituents is 1. The van der Waals surface area contributed by atoms with Gasteiger partial charge in [0.15, 0.2) is 17.3 Å². The molecule has 0 saturated carbocycles. The first-order valence-electron chi connectivity index (χ1n) is 13.3. The predicted octanol–water partition coefficient (Wildman–Crippen LogP) is 7.00. The number of rotatable bonds is 19. The number of carbonyl (C=O) groups is 4. The first kappa shape index (κ1) is 31.1. The lowest BCUT2D eigenvalue weighted by atomic mass is 9.97. The van der Waals surface area contributed by atoms with E-state index in [0.29, 0.717) is 19.3 Å². The summed E-state index contributed by atoms with van der Waals surface area (Å²) in [5.41, 5.74) is -0.850. The number of carboxylic acids is 1. The van der Waals surface area contributed by atoms with Gasteiger partial charge >= 0.3 is 17.9 Å². The zero-order valence-corrected chi connectivity index (χ0v) is 22.0. The van der Waals surface area contributed by atoms with Crippen molar-refractivity contribution in [3.63, 3.8) is 0 Å². The van der Waals surface area contributed by atoms with Gasteiger partial charge in [-0.05, 0) is 25.3 Å². The quantitative estimate of drug-likeness (QED) is 0.0889. The molecule has 36 heavy (non-hydrogen) atoms. The van der Waals surface area contributed by atoms with Gasteiger partial charge in [0, 0.05) is 19.3 Å². The highest BCUT2D eigenvalue weighted by Gasteiger charge is 2.31. The summed E-state index contributed by atoms with van der Waals surface area (Å²) in [6, 6.07) is 0.875. The fourth-order valence-corrected chi connectivity index (χ4v) is 3.83. The number of carboxylic acid groups (broad SMARTS) is 1. The number of aromatic hydroxyl groups is 1. The van der Waals surface area contributed by atoms with Crippen molar-refractivity contribution < 1.29 is 38.9 Å². The first-order chi connectivity index (χ1) is 17.3. The summed E-state index contributed by atoms with van der Waals surface area (Å²) in [5.74, 6) is -5.00. The molecule has 1 rings (SSSR count). The van der Waals surface area contributed by atoms with Crippen LogP contribution in [0.2, 0.25) is 0 Å². The zero-order valence-electron chi connectivity index (χ0n) is 22.0. The Kier molecular flexibility index (Phi) is 15.1. The maximum absolute atomic E-state index is 13.2. The van der Waals surface area contributed by atoms with Crippen molar-refractivity contribution in [1.82, 2.24) is 0 Å². The summed E-state index contributed by atoms with van der Waals surface area (Å²) in [7, 11) is 0. The van der Waals surface area contributed by atoms with Gasteiger partial charge < -0.3 is 19.7 Å². The maximum Gasteiger partial charge on any atom is 0.336 e. The van der Waals surface area contributed by atoms with Crippen LogP contribution in [0.4, 0.5) is 0 Å². The lowest BCUT2D eigenvalue weighted by molar-refractivity contribution is -0.137. The Balaban J connectivity index is 3.35. The average Bonchev–Trinajstić information content (AvgIpc) is 2.84. The molecule has 0 amide bonds. The van der Waals surface area contributed by atoms with E-state index in [0.717, 1.165) is 63.9 Å². The van der Waals surface area contributed by atoms with Crippen LogP contribution in [0.25, 0.3) is 0 Å². The average molecular weight is 507 g/mol. The highest BCUT2D eigenvalue weighted by atomic mass is 16.6. The van der Waals surface area contributed by atoms with Gasteiger partial charge in [-0.3, -0.25) is 14.4 Å². The summed E-state index contributed by atoms with van der Waals surface area (Å²) in [6.45, 7) is 6.12. The Morgan fingerprint density at radius 3 is 1.56 bits per heavy atom. The second-order valence-corrected chi connectivity index (χ2v) is 9.08. The zero-order chi connectivity index (χ0) is 26.9. The molecule has 8 heteroatoms. The minimum Gasteiger partial charge on any atom is -0.504 e. The maximum atomic E-state index is 13.2. The molecule has 0 heterocycles. The normalized spacial score (nSPS) is 10.8. The van der Waals surface area contributed by atoms with Gasteiger partial charge in [0.25, 0.3) is 0 Å². The van der Waals surface area contributed by atoms with Crippen molar-refractivity contribution in [2.45, 2.75) is 117 Å². The van der Waals surface area contributed by atoms with Crippen molar-refractivity contribution in [3.8, 4) is 17.2 Å². The van der Waals surface area contributed by atoms with E-state index in [-0.39, 0.29) is 24.8 Å². The number of ether oxygens (including phenoxy) is 2. The van der Waals surface area contributed by atoms with Gasteiger partial charge in [0.05, 0.1) is 11.1 Å². The topological polar surface area (TPSA) is 127 Å². The minimum absolute atomic E-state index is 0.0382. The standard InChI is InChI=1S/C28H42O8/c1-4-7-10-13-16-21(29)25-20(28(33)34)19-22(30)26(35-23(31)17-14-11-8-5-2)27(25)36-24(32)18-15-12-9-6-3/h19,30H,4-18H2,1-3H3,(H,33,34). The van der Waals surface area contributed by atoms with Gasteiger partial charge in [-0.2, -0.15) is 0 Å². The van der Waals surface area contributed by atoms with Crippen LogP contribution in [-0.2, 0) is 9.59 Å². The monoisotopic (exact) mass is 506 g/mol. The Morgan fingerprint density at radius 2 is 1.11 bits per heavy atom. The number of benzene rings is 1. The summed E-state index contributed by atoms with van der Waals surface area (Å²) >= 11 is 0. The third-order valence-electron chi connectivity index (χ3n) is 5.88. The summed E-state index contributed by atoms with van der Waals surface area (Å²) < 4.78 is 10.8. The van der Waals surface area contributed by atoms with Crippen LogP contribution in [-0.4, -0.2) is 33.9 Å². The van der Waals surface area contributed by atoms with E-state index in [1.54, 1.807) is 0 Å². The van der Waals surface area contributed by atoms with Gasteiger partial charge in [-0.25, -0.2) is 4.79 Å². The van der Waals surface area contributed by atoms with Gasteiger partial charge in [-0.1, -0.05) is 78.6 Å². The highest BCUT2D eigenvalue weighted by Crippen LogP contribution is 2.43. The molecule has 0 spiro atoms. The molecule has 0 aliphatic heterocycles. The van der Waals surface area contributed by atoms with Crippen LogP contribution in [0.3, 0.4) is 0 Å². The minimum atomic E-state index is -1.46. The van der Waals surface area contributed by atoms with Crippen molar-refractivity contribution in [3.05, 3.63) is 17.2 Å². The molecule has 8 nitrogen and oxygen atoms in total. The number of unbranched alkanes of at least 4 members (excludes halogenated alkanes) is 9. The molecule has 1 aromatic rings. The fourth-order valence-electron chi connectivity index (χ4n) is 3.83. The smallest absolute Gasteiger partial charge is 0.336 e. The van der Waals surface area contributed by atoms with Crippen LogP contribution in [0, 0.1) is 0 Å². The van der Waals surface area contributed by atoms with Crippen LogP contribution >= 0.6 is 0 Å². The molecular weight excluding hydrogens is 464 g/mol. The number of hydrogen-bond donors (Lipinski definition) is 2. The van der Waals surface area contributed by atoms with E-state index in [2.05, 4.69) is 0 Å². The van der Waals surface area contributed by atoms with Crippen LogP contribution in [0.15, 0.2) is 6.07 Å². The predicted molar refractivity (Wildman–Crippen MR) is 137 cm³/mol. The molecule has 0 bridgehead atoms. The largest absolute Gasteiger partial charge is 0.504 e. The third-order valence-corrected chi connectivity index (χ3v) is 5.88. The number of phenols is 1. The molecular formula is C28H42O8. The molecule has 0 atom stereocenters. The van der Waals surface area contributed by atoms with Crippen molar-refractivity contribution in [1.29, 1.82) is 0 Å². The van der Waals surface area contributed by atoms with E-state index in [1.165, 1.54) is 0 Å². The van der Waals surface area contributed by atoms with Crippen molar-refractivity contribution >= 4 is 23.7 Å². The number of hydrogen-bond acceptors (Lipinski definition) is 7. The fraction of sp³-hybridized carbons (Fsp3) is 0.643. The van der Waals surface area contributed by atoms with Gasteiger partial charge in [-0.15, -0.1) is 0 Å². The first-order valence-corrected chi connectivity index (χ1v) is 13.3. The molecule has 0 aliphatic carbocycles. The number of esters is 2. The molecule has 0 aliphatic rings. The SMILES string of the molecule is CCCCCCC(=O)Oc1c(O)cc(C(=O)O)c(C(=O)CCCCCC)c1OC(=O)CCCCCC. The molecule has 0 unspecified atom stereocenters. The molecule has 0 aromatic heterocycles. The number of aromatic carboxylic acids is 1. The second kappa shape index (κ2) is 17.5. The van der Waals surface area contributed by atoms with E-state index < -0.39 is 46.5 Å². The number of carbonyl (C=O) groups excluding carboxylic acids is 3.